The van der Waals surface area contributed by atoms with E-state index in [0.717, 1.165) is 20.8 Å². The van der Waals surface area contributed by atoms with Crippen LogP contribution in [0.2, 0.25) is 0 Å². The van der Waals surface area contributed by atoms with E-state index in [0.29, 0.717) is 0 Å². The van der Waals surface area contributed by atoms with Crippen molar-refractivity contribution in [3.05, 3.63) is 71.8 Å². The Balaban J connectivity index is 1.96. The second-order valence-corrected chi connectivity index (χ2v) is 8.15. The Morgan fingerprint density at radius 1 is 0.676 bits per heavy atom. The fourth-order valence-corrected chi connectivity index (χ4v) is 3.69. The first kappa shape index (κ1) is 27.3. The Labute approximate surface area is 212 Å². The molecule has 11 heteroatoms. The van der Waals surface area contributed by atoms with Crippen molar-refractivity contribution in [3.8, 4) is 0 Å². The van der Waals surface area contributed by atoms with Crippen molar-refractivity contribution in [2.24, 2.45) is 0 Å². The van der Waals surface area contributed by atoms with Gasteiger partial charge in [0.2, 0.25) is 12.4 Å². The van der Waals surface area contributed by atoms with Crippen molar-refractivity contribution in [2.75, 3.05) is 13.2 Å². The predicted octanol–water partition coefficient (Wildman–Crippen LogP) is 2.22. The van der Waals surface area contributed by atoms with Gasteiger partial charge in [-0.15, -0.1) is 0 Å². The van der Waals surface area contributed by atoms with E-state index >= 15 is 0 Å². The van der Waals surface area contributed by atoms with Gasteiger partial charge in [0.25, 0.3) is 0 Å². The molecule has 3 rings (SSSR count). The molecule has 0 bridgehead atoms. The summed E-state index contributed by atoms with van der Waals surface area (Å²) in [6, 6.07) is 16.0. The zero-order chi connectivity index (χ0) is 27.0. The third-order valence-electron chi connectivity index (χ3n) is 5.23. The molecule has 0 amide bonds. The zero-order valence-corrected chi connectivity index (χ0v) is 20.4. The van der Waals surface area contributed by atoms with E-state index in [2.05, 4.69) is 0 Å². The summed E-state index contributed by atoms with van der Waals surface area (Å²) in [5.74, 6) is -3.88. The van der Waals surface area contributed by atoms with Crippen LogP contribution in [-0.4, -0.2) is 67.2 Å². The summed E-state index contributed by atoms with van der Waals surface area (Å²) in [6.07, 6.45) is -4.49. The molecule has 0 radical (unpaired) electrons. The number of benzene rings is 2. The smallest absolute Gasteiger partial charge is 0.338 e. The van der Waals surface area contributed by atoms with Crippen LogP contribution in [0.3, 0.4) is 0 Å². The highest BCUT2D eigenvalue weighted by Gasteiger charge is 2.62. The maximum absolute atomic E-state index is 12.7. The van der Waals surface area contributed by atoms with Crippen LogP contribution in [-0.2, 0) is 42.8 Å². The third kappa shape index (κ3) is 7.14. The highest BCUT2D eigenvalue weighted by atomic mass is 16.8. The van der Waals surface area contributed by atoms with Crippen molar-refractivity contribution >= 4 is 29.8 Å². The van der Waals surface area contributed by atoms with Crippen molar-refractivity contribution in [3.63, 3.8) is 0 Å². The molecule has 0 spiro atoms. The molecule has 3 atom stereocenters. The van der Waals surface area contributed by atoms with E-state index in [9.17, 15) is 24.0 Å². The molecule has 1 aliphatic rings. The number of carbonyl (C=O) groups is 5. The highest BCUT2D eigenvalue weighted by Crippen LogP contribution is 2.38. The van der Waals surface area contributed by atoms with Gasteiger partial charge in [0.15, 0.2) is 11.7 Å². The molecule has 2 aromatic rings. The summed E-state index contributed by atoms with van der Waals surface area (Å²) in [4.78, 5) is 61.0. The Morgan fingerprint density at radius 3 is 1.51 bits per heavy atom. The molecule has 0 aromatic heterocycles. The molecule has 196 valence electrons. The second kappa shape index (κ2) is 12.1. The average Bonchev–Trinajstić information content (AvgIpc) is 3.12. The van der Waals surface area contributed by atoms with E-state index in [1.807, 2.05) is 0 Å². The van der Waals surface area contributed by atoms with Gasteiger partial charge in [-0.3, -0.25) is 14.4 Å². The van der Waals surface area contributed by atoms with Gasteiger partial charge < -0.3 is 28.4 Å². The molecule has 1 saturated heterocycles. The summed E-state index contributed by atoms with van der Waals surface area (Å²) in [5, 5.41) is 0. The maximum atomic E-state index is 12.7. The van der Waals surface area contributed by atoms with Gasteiger partial charge in [0, 0.05) is 20.8 Å². The van der Waals surface area contributed by atoms with Crippen LogP contribution in [0.15, 0.2) is 60.7 Å². The molecule has 1 heterocycles. The fraction of sp³-hybridized carbons (Fsp3) is 0.346. The molecular formula is C26H26O11. The molecule has 1 fully saturated rings. The SMILES string of the molecule is CC(=O)OC1OC(COC(=O)c2ccccc2)(COC(=O)c2ccccc2)C(OC(C)=O)C1OC(C)=O. The number of carbonyl (C=O) groups excluding carboxylic acids is 5. The minimum Gasteiger partial charge on any atom is -0.459 e. The normalized spacial score (nSPS) is 19.8. The highest BCUT2D eigenvalue weighted by molar-refractivity contribution is 5.90. The Kier molecular flexibility index (Phi) is 8.96. The monoisotopic (exact) mass is 514 g/mol. The van der Waals surface area contributed by atoms with Gasteiger partial charge in [0.05, 0.1) is 11.1 Å². The van der Waals surface area contributed by atoms with E-state index in [-0.39, 0.29) is 11.1 Å². The van der Waals surface area contributed by atoms with Crippen LogP contribution in [0.5, 0.6) is 0 Å². The molecule has 37 heavy (non-hydrogen) atoms. The first-order chi connectivity index (χ1) is 17.6. The summed E-state index contributed by atoms with van der Waals surface area (Å²) >= 11 is 0. The van der Waals surface area contributed by atoms with Crippen LogP contribution < -0.4 is 0 Å². The van der Waals surface area contributed by atoms with Gasteiger partial charge in [-0.1, -0.05) is 36.4 Å². The van der Waals surface area contributed by atoms with Gasteiger partial charge in [-0.05, 0) is 24.3 Å². The van der Waals surface area contributed by atoms with Crippen molar-refractivity contribution in [2.45, 2.75) is 44.9 Å². The lowest BCUT2D eigenvalue weighted by Crippen LogP contribution is -2.54. The summed E-state index contributed by atoms with van der Waals surface area (Å²) in [6.45, 7) is 2.06. The lowest BCUT2D eigenvalue weighted by Gasteiger charge is -2.32. The van der Waals surface area contributed by atoms with Crippen LogP contribution in [0, 0.1) is 0 Å². The maximum Gasteiger partial charge on any atom is 0.338 e. The Bertz CT molecular complexity index is 1070. The number of esters is 5. The van der Waals surface area contributed by atoms with Crippen molar-refractivity contribution < 1.29 is 52.4 Å². The number of hydrogen-bond donors (Lipinski definition) is 0. The lowest BCUT2D eigenvalue weighted by atomic mass is 9.96. The molecule has 0 saturated carbocycles. The first-order valence-electron chi connectivity index (χ1n) is 11.2. The van der Waals surface area contributed by atoms with Crippen molar-refractivity contribution in [1.82, 2.24) is 0 Å². The van der Waals surface area contributed by atoms with Gasteiger partial charge in [-0.25, -0.2) is 9.59 Å². The molecule has 11 nitrogen and oxygen atoms in total. The van der Waals surface area contributed by atoms with Gasteiger partial charge in [-0.2, -0.15) is 0 Å². The first-order valence-corrected chi connectivity index (χ1v) is 11.2. The quantitative estimate of drug-likeness (QED) is 0.359. The van der Waals surface area contributed by atoms with Crippen molar-refractivity contribution in [1.29, 1.82) is 0 Å². The molecule has 0 N–H and O–H groups in total. The average molecular weight is 514 g/mol. The van der Waals surface area contributed by atoms with Crippen LogP contribution in [0.4, 0.5) is 0 Å². The largest absolute Gasteiger partial charge is 0.459 e. The second-order valence-electron chi connectivity index (χ2n) is 8.15. The van der Waals surface area contributed by atoms with E-state index in [1.54, 1.807) is 36.4 Å². The number of rotatable bonds is 9. The summed E-state index contributed by atoms with van der Waals surface area (Å²) in [7, 11) is 0. The minimum absolute atomic E-state index is 0.217. The molecule has 3 unspecified atom stereocenters. The molecular weight excluding hydrogens is 488 g/mol. The third-order valence-corrected chi connectivity index (χ3v) is 5.23. The molecule has 1 aliphatic heterocycles. The lowest BCUT2D eigenvalue weighted by molar-refractivity contribution is -0.215. The van der Waals surface area contributed by atoms with E-state index in [4.69, 9.17) is 28.4 Å². The Hall–Kier alpha value is -4.25. The molecule has 0 aliphatic carbocycles. The summed E-state index contributed by atoms with van der Waals surface area (Å²) < 4.78 is 32.7. The summed E-state index contributed by atoms with van der Waals surface area (Å²) in [5.41, 5.74) is -1.47. The minimum atomic E-state index is -1.90. The van der Waals surface area contributed by atoms with Gasteiger partial charge in [0.1, 0.15) is 13.2 Å². The standard InChI is InChI=1S/C26H26O11/c1-16(27)34-21-22(35-17(2)28)26(37-25(21)36-18(3)29,14-32-23(30)19-10-6-4-7-11-19)15-33-24(31)20-12-8-5-9-13-20/h4-13,21-22,25H,14-15H2,1-3H3. The van der Waals surface area contributed by atoms with E-state index in [1.165, 1.54) is 24.3 Å². The van der Waals surface area contributed by atoms with Crippen LogP contribution in [0.1, 0.15) is 41.5 Å². The molecule has 2 aromatic carbocycles. The topological polar surface area (TPSA) is 141 Å². The zero-order valence-electron chi connectivity index (χ0n) is 20.4. The van der Waals surface area contributed by atoms with Gasteiger partial charge >= 0.3 is 29.8 Å². The Morgan fingerprint density at radius 2 is 1.11 bits per heavy atom. The fourth-order valence-electron chi connectivity index (χ4n) is 3.69. The number of hydrogen-bond acceptors (Lipinski definition) is 11. The van der Waals surface area contributed by atoms with Crippen LogP contribution >= 0.6 is 0 Å². The van der Waals surface area contributed by atoms with Crippen LogP contribution in [0.25, 0.3) is 0 Å². The predicted molar refractivity (Wildman–Crippen MR) is 124 cm³/mol. The van der Waals surface area contributed by atoms with E-state index < -0.39 is 67.2 Å². The number of ether oxygens (including phenoxy) is 6.